The molecule has 0 aromatic rings. The summed E-state index contributed by atoms with van der Waals surface area (Å²) in [4.78, 5) is 0. The quantitative estimate of drug-likeness (QED) is 0.430. The molecule has 0 saturated heterocycles. The topological polar surface area (TPSA) is 9.23 Å². The van der Waals surface area contributed by atoms with Crippen LogP contribution in [0.3, 0.4) is 0 Å². The van der Waals surface area contributed by atoms with Gasteiger partial charge >= 0.3 is 0 Å². The first-order valence-corrected chi connectivity index (χ1v) is 18.3. The molecule has 6 unspecified atom stereocenters. The Balaban J connectivity index is 2.10. The van der Waals surface area contributed by atoms with Gasteiger partial charge in [-0.25, -0.2) is 0 Å². The number of ether oxygens (including phenoxy) is 1. The van der Waals surface area contributed by atoms with E-state index in [1.165, 1.54) is 51.4 Å². The molecule has 0 heterocycles. The molecule has 0 N–H and O–H groups in total. The Morgan fingerprint density at radius 2 is 0.920 bits per heavy atom. The van der Waals surface area contributed by atoms with Crippen molar-refractivity contribution < 1.29 is 4.74 Å². The molecule has 0 radical (unpaired) electrons. The van der Waals surface area contributed by atoms with Gasteiger partial charge < -0.3 is 4.74 Å². The highest BCUT2D eigenvalue weighted by atomic mass is 28.3. The lowest BCUT2D eigenvalue weighted by atomic mass is 9.81. The van der Waals surface area contributed by atoms with Gasteiger partial charge in [-0.05, 0) is 48.6 Å². The van der Waals surface area contributed by atoms with Gasteiger partial charge in [0.05, 0.1) is 12.2 Å². The van der Waals surface area contributed by atoms with Gasteiger partial charge in [-0.15, -0.1) is 0 Å². The summed E-state index contributed by atoms with van der Waals surface area (Å²) in [6.07, 6.45) is 12.2. The number of hydrogen-bond donors (Lipinski definition) is 0. The molecular weight excluding hydrogens is 336 g/mol. The van der Waals surface area contributed by atoms with Crippen LogP contribution in [0.15, 0.2) is 0 Å². The van der Waals surface area contributed by atoms with Gasteiger partial charge in [-0.2, -0.15) is 0 Å². The summed E-state index contributed by atoms with van der Waals surface area (Å²) >= 11 is 0. The summed E-state index contributed by atoms with van der Waals surface area (Å²) in [5.41, 5.74) is 1.77. The maximum atomic E-state index is 7.03. The van der Waals surface area contributed by atoms with Crippen molar-refractivity contribution >= 4 is 16.1 Å². The summed E-state index contributed by atoms with van der Waals surface area (Å²) in [6, 6.07) is 0. The van der Waals surface area contributed by atoms with E-state index in [1.54, 1.807) is 0 Å². The van der Waals surface area contributed by atoms with Gasteiger partial charge in [-0.3, -0.25) is 0 Å². The molecule has 2 rings (SSSR count). The summed E-state index contributed by atoms with van der Waals surface area (Å²) < 4.78 is 7.03. The molecular formula is C22H46OSi2. The van der Waals surface area contributed by atoms with Crippen molar-refractivity contribution in [2.75, 3.05) is 0 Å². The van der Waals surface area contributed by atoms with Crippen LogP contribution in [-0.4, -0.2) is 28.4 Å². The highest BCUT2D eigenvalue weighted by molar-refractivity contribution is 6.77. The molecule has 0 amide bonds. The minimum atomic E-state index is -1.10. The fourth-order valence-electron chi connectivity index (χ4n) is 5.24. The van der Waals surface area contributed by atoms with Gasteiger partial charge in [0.25, 0.3) is 0 Å². The van der Waals surface area contributed by atoms with E-state index in [2.05, 4.69) is 53.1 Å². The van der Waals surface area contributed by atoms with Crippen LogP contribution < -0.4 is 0 Å². The zero-order chi connectivity index (χ0) is 18.8. The van der Waals surface area contributed by atoms with Crippen LogP contribution >= 0.6 is 0 Å². The lowest BCUT2D eigenvalue weighted by Gasteiger charge is -2.46. The SMILES string of the molecule is CC(C1CCCCC1OC1CCCCC1C(C)[Si](C)(C)C)[Si](C)(C)C. The van der Waals surface area contributed by atoms with Crippen LogP contribution in [0.2, 0.25) is 50.4 Å². The summed E-state index contributed by atoms with van der Waals surface area (Å²) in [5, 5.41) is 0. The van der Waals surface area contributed by atoms with Crippen molar-refractivity contribution in [1.29, 1.82) is 0 Å². The second kappa shape index (κ2) is 8.60. The monoisotopic (exact) mass is 382 g/mol. The molecule has 3 heteroatoms. The Labute approximate surface area is 160 Å². The Kier molecular flexibility index (Phi) is 7.46. The third-order valence-corrected chi connectivity index (χ3v) is 14.2. The second-order valence-corrected chi connectivity index (χ2v) is 22.7. The van der Waals surface area contributed by atoms with E-state index >= 15 is 0 Å². The van der Waals surface area contributed by atoms with Gasteiger partial charge in [0.1, 0.15) is 0 Å². The number of hydrogen-bond acceptors (Lipinski definition) is 1. The van der Waals surface area contributed by atoms with E-state index in [-0.39, 0.29) is 0 Å². The highest BCUT2D eigenvalue weighted by Crippen LogP contribution is 2.45. The first-order chi connectivity index (χ1) is 11.5. The maximum Gasteiger partial charge on any atom is 0.0607 e. The predicted molar refractivity (Wildman–Crippen MR) is 118 cm³/mol. The fraction of sp³-hybridized carbons (Fsp3) is 1.00. The maximum absolute atomic E-state index is 7.03. The standard InChI is InChI=1S/C22H46OSi2/c1-17(24(3,4)5)19-13-9-11-15-21(19)23-22-16-12-10-14-20(22)18(2)25(6,7)8/h17-22H,9-16H2,1-8H3. The van der Waals surface area contributed by atoms with E-state index in [4.69, 9.17) is 4.74 Å². The summed E-state index contributed by atoms with van der Waals surface area (Å²) in [6.45, 7) is 20.4. The minimum Gasteiger partial charge on any atom is -0.374 e. The predicted octanol–water partition coefficient (Wildman–Crippen LogP) is 7.58. The Morgan fingerprint density at radius 1 is 0.600 bits per heavy atom. The minimum absolute atomic E-state index is 0.551. The molecule has 6 atom stereocenters. The van der Waals surface area contributed by atoms with Gasteiger partial charge in [0.2, 0.25) is 0 Å². The largest absolute Gasteiger partial charge is 0.374 e. The molecule has 0 aromatic heterocycles. The van der Waals surface area contributed by atoms with Crippen LogP contribution in [0.1, 0.15) is 65.2 Å². The van der Waals surface area contributed by atoms with E-state index in [0.717, 1.165) is 22.9 Å². The highest BCUT2D eigenvalue weighted by Gasteiger charge is 2.41. The van der Waals surface area contributed by atoms with E-state index < -0.39 is 16.1 Å². The fourth-order valence-corrected chi connectivity index (χ4v) is 8.57. The van der Waals surface area contributed by atoms with E-state index in [0.29, 0.717) is 12.2 Å². The zero-order valence-corrected chi connectivity index (χ0v) is 20.5. The van der Waals surface area contributed by atoms with E-state index in [9.17, 15) is 0 Å². The second-order valence-electron chi connectivity index (χ2n) is 11.4. The summed E-state index contributed by atoms with van der Waals surface area (Å²) in [5.74, 6) is 1.65. The van der Waals surface area contributed by atoms with Crippen molar-refractivity contribution in [1.82, 2.24) is 0 Å². The van der Waals surface area contributed by atoms with Crippen molar-refractivity contribution in [2.45, 2.75) is 128 Å². The first kappa shape index (κ1) is 21.7. The molecule has 0 aromatic carbocycles. The lowest BCUT2D eigenvalue weighted by Crippen LogP contribution is -2.45. The molecule has 2 fully saturated rings. The third-order valence-electron chi connectivity index (χ3n) is 7.87. The molecule has 25 heavy (non-hydrogen) atoms. The summed E-state index contributed by atoms with van der Waals surface area (Å²) in [7, 11) is -2.19. The number of rotatable bonds is 6. The van der Waals surface area contributed by atoms with Crippen molar-refractivity contribution in [3.63, 3.8) is 0 Å². The van der Waals surface area contributed by atoms with Crippen LogP contribution in [0.4, 0.5) is 0 Å². The molecule has 2 aliphatic rings. The molecule has 0 spiro atoms. The lowest BCUT2D eigenvalue weighted by molar-refractivity contribution is -0.0967. The Morgan fingerprint density at radius 3 is 1.24 bits per heavy atom. The Bertz CT molecular complexity index is 371. The molecule has 2 saturated carbocycles. The third kappa shape index (κ3) is 5.68. The van der Waals surface area contributed by atoms with Gasteiger partial charge in [-0.1, -0.05) is 78.8 Å². The van der Waals surface area contributed by atoms with Crippen LogP contribution in [0.5, 0.6) is 0 Å². The van der Waals surface area contributed by atoms with Crippen molar-refractivity contribution in [3.05, 3.63) is 0 Å². The normalized spacial score (nSPS) is 34.6. The molecule has 0 aliphatic heterocycles. The van der Waals surface area contributed by atoms with Crippen LogP contribution in [-0.2, 0) is 4.74 Å². The average molecular weight is 383 g/mol. The molecule has 2 aliphatic carbocycles. The van der Waals surface area contributed by atoms with Crippen LogP contribution in [0, 0.1) is 11.8 Å². The van der Waals surface area contributed by atoms with Crippen molar-refractivity contribution in [2.24, 2.45) is 11.8 Å². The van der Waals surface area contributed by atoms with E-state index in [1.807, 2.05) is 0 Å². The molecule has 0 bridgehead atoms. The zero-order valence-electron chi connectivity index (χ0n) is 18.5. The van der Waals surface area contributed by atoms with Gasteiger partial charge in [0.15, 0.2) is 0 Å². The molecule has 1 nitrogen and oxygen atoms in total. The van der Waals surface area contributed by atoms with Crippen molar-refractivity contribution in [3.8, 4) is 0 Å². The Hall–Kier alpha value is 0.394. The first-order valence-electron chi connectivity index (χ1n) is 11.2. The average Bonchev–Trinajstić information content (AvgIpc) is 2.53. The molecule has 148 valence electrons. The smallest absolute Gasteiger partial charge is 0.0607 e. The van der Waals surface area contributed by atoms with Gasteiger partial charge in [0, 0.05) is 16.1 Å². The van der Waals surface area contributed by atoms with Crippen LogP contribution in [0.25, 0.3) is 0 Å².